The van der Waals surface area contributed by atoms with Crippen molar-refractivity contribution in [2.24, 2.45) is 5.73 Å². The summed E-state index contributed by atoms with van der Waals surface area (Å²) in [5.41, 5.74) is 9.89. The minimum atomic E-state index is 0.0276. The van der Waals surface area contributed by atoms with Crippen LogP contribution in [0, 0.1) is 0 Å². The topological polar surface area (TPSA) is 42.2 Å². The molecular formula is C18H25N3. The van der Waals surface area contributed by atoms with Crippen LogP contribution in [0.5, 0.6) is 0 Å². The lowest BCUT2D eigenvalue weighted by Crippen LogP contribution is -2.37. The van der Waals surface area contributed by atoms with Gasteiger partial charge in [-0.3, -0.25) is 9.88 Å². The standard InChI is InChI=1S/C18H25N3/c1-4-15-8-10-16(11-9-15)13-21(3)18(14(2)19)17-7-5-6-12-20-17/h5-12,14,18H,4,13,19H2,1-3H3. The maximum Gasteiger partial charge on any atom is 0.0671 e. The van der Waals surface area contributed by atoms with Gasteiger partial charge in [-0.1, -0.05) is 37.3 Å². The predicted molar refractivity (Wildman–Crippen MR) is 87.9 cm³/mol. The number of nitrogens with two attached hydrogens (primary N) is 1. The van der Waals surface area contributed by atoms with Gasteiger partial charge in [0, 0.05) is 18.8 Å². The number of rotatable bonds is 6. The Bertz CT molecular complexity index is 534. The highest BCUT2D eigenvalue weighted by molar-refractivity contribution is 5.23. The monoisotopic (exact) mass is 283 g/mol. The number of aromatic nitrogens is 1. The fraction of sp³-hybridized carbons (Fsp3) is 0.389. The molecule has 21 heavy (non-hydrogen) atoms. The first kappa shape index (κ1) is 15.7. The summed E-state index contributed by atoms with van der Waals surface area (Å²) in [6.07, 6.45) is 2.90. The molecule has 1 aromatic carbocycles. The lowest BCUT2D eigenvalue weighted by atomic mass is 10.0. The van der Waals surface area contributed by atoms with Gasteiger partial charge in [-0.05, 0) is 43.7 Å². The van der Waals surface area contributed by atoms with Crippen molar-refractivity contribution in [3.05, 3.63) is 65.5 Å². The van der Waals surface area contributed by atoms with Crippen molar-refractivity contribution < 1.29 is 0 Å². The number of hydrogen-bond acceptors (Lipinski definition) is 3. The summed E-state index contributed by atoms with van der Waals surface area (Å²) in [5, 5.41) is 0. The first-order chi connectivity index (χ1) is 10.1. The molecule has 0 bridgehead atoms. The molecule has 1 aromatic heterocycles. The van der Waals surface area contributed by atoms with Crippen LogP contribution in [0.25, 0.3) is 0 Å². The average molecular weight is 283 g/mol. The predicted octanol–water partition coefficient (Wildman–Crippen LogP) is 3.16. The summed E-state index contributed by atoms with van der Waals surface area (Å²) in [6, 6.07) is 14.9. The smallest absolute Gasteiger partial charge is 0.0671 e. The molecule has 0 spiro atoms. The third-order valence-electron chi connectivity index (χ3n) is 3.83. The fourth-order valence-corrected chi connectivity index (χ4v) is 2.71. The molecule has 3 nitrogen and oxygen atoms in total. The van der Waals surface area contributed by atoms with E-state index in [9.17, 15) is 0 Å². The van der Waals surface area contributed by atoms with Gasteiger partial charge < -0.3 is 5.73 Å². The average Bonchev–Trinajstić information content (AvgIpc) is 2.49. The fourth-order valence-electron chi connectivity index (χ4n) is 2.71. The second kappa shape index (κ2) is 7.34. The molecule has 0 amide bonds. The highest BCUT2D eigenvalue weighted by Gasteiger charge is 2.22. The quantitative estimate of drug-likeness (QED) is 0.885. The van der Waals surface area contributed by atoms with Gasteiger partial charge in [0.15, 0.2) is 0 Å². The lowest BCUT2D eigenvalue weighted by Gasteiger charge is -2.30. The molecule has 2 unspecified atom stereocenters. The third-order valence-corrected chi connectivity index (χ3v) is 3.83. The van der Waals surface area contributed by atoms with E-state index in [1.54, 1.807) is 0 Å². The second-order valence-corrected chi connectivity index (χ2v) is 5.64. The number of benzene rings is 1. The number of pyridine rings is 1. The van der Waals surface area contributed by atoms with E-state index in [2.05, 4.69) is 48.1 Å². The van der Waals surface area contributed by atoms with Crippen molar-refractivity contribution in [3.8, 4) is 0 Å². The Morgan fingerprint density at radius 1 is 1.10 bits per heavy atom. The van der Waals surface area contributed by atoms with Crippen LogP contribution in [0.15, 0.2) is 48.7 Å². The molecule has 2 rings (SSSR count). The molecule has 0 radical (unpaired) electrons. The van der Waals surface area contributed by atoms with Gasteiger partial charge in [-0.2, -0.15) is 0 Å². The Kier molecular flexibility index (Phi) is 5.48. The van der Waals surface area contributed by atoms with Crippen molar-refractivity contribution in [3.63, 3.8) is 0 Å². The van der Waals surface area contributed by atoms with E-state index in [1.807, 2.05) is 31.3 Å². The zero-order valence-electron chi connectivity index (χ0n) is 13.2. The van der Waals surface area contributed by atoms with Crippen molar-refractivity contribution in [2.45, 2.75) is 38.9 Å². The first-order valence-electron chi connectivity index (χ1n) is 7.56. The van der Waals surface area contributed by atoms with Crippen molar-refractivity contribution in [1.82, 2.24) is 9.88 Å². The summed E-state index contributed by atoms with van der Waals surface area (Å²) in [5.74, 6) is 0. The third kappa shape index (κ3) is 4.13. The Balaban J connectivity index is 2.13. The van der Waals surface area contributed by atoms with Gasteiger partial charge in [0.2, 0.25) is 0 Å². The molecular weight excluding hydrogens is 258 g/mol. The highest BCUT2D eigenvalue weighted by Crippen LogP contribution is 2.22. The number of nitrogens with zero attached hydrogens (tertiary/aromatic N) is 2. The zero-order chi connectivity index (χ0) is 15.2. The largest absolute Gasteiger partial charge is 0.326 e. The molecule has 2 atom stereocenters. The highest BCUT2D eigenvalue weighted by atomic mass is 15.2. The van der Waals surface area contributed by atoms with E-state index in [1.165, 1.54) is 11.1 Å². The molecule has 2 N–H and O–H groups in total. The summed E-state index contributed by atoms with van der Waals surface area (Å²) in [7, 11) is 2.11. The SMILES string of the molecule is CCc1ccc(CN(C)C(c2ccccn2)C(C)N)cc1. The van der Waals surface area contributed by atoms with E-state index in [-0.39, 0.29) is 12.1 Å². The molecule has 3 heteroatoms. The molecule has 1 heterocycles. The Morgan fingerprint density at radius 3 is 2.29 bits per heavy atom. The van der Waals surface area contributed by atoms with Crippen LogP contribution in [0.3, 0.4) is 0 Å². The van der Waals surface area contributed by atoms with Crippen LogP contribution in [-0.2, 0) is 13.0 Å². The van der Waals surface area contributed by atoms with Crippen molar-refractivity contribution >= 4 is 0 Å². The summed E-state index contributed by atoms with van der Waals surface area (Å²) < 4.78 is 0. The Hall–Kier alpha value is -1.71. The first-order valence-corrected chi connectivity index (χ1v) is 7.56. The van der Waals surface area contributed by atoms with Crippen molar-refractivity contribution in [2.75, 3.05) is 7.05 Å². The van der Waals surface area contributed by atoms with Crippen molar-refractivity contribution in [1.29, 1.82) is 0 Å². The second-order valence-electron chi connectivity index (χ2n) is 5.64. The number of likely N-dealkylation sites (N-methyl/N-ethyl adjacent to an activating group) is 1. The van der Waals surface area contributed by atoms with Crippen LogP contribution >= 0.6 is 0 Å². The van der Waals surface area contributed by atoms with Crippen LogP contribution in [-0.4, -0.2) is 23.0 Å². The van der Waals surface area contributed by atoms with E-state index in [0.717, 1.165) is 18.7 Å². The summed E-state index contributed by atoms with van der Waals surface area (Å²) >= 11 is 0. The molecule has 0 saturated carbocycles. The summed E-state index contributed by atoms with van der Waals surface area (Å²) in [6.45, 7) is 5.08. The van der Waals surface area contributed by atoms with Gasteiger partial charge in [0.1, 0.15) is 0 Å². The van der Waals surface area contributed by atoms with Crippen LogP contribution in [0.4, 0.5) is 0 Å². The molecule has 0 aliphatic carbocycles. The van der Waals surface area contributed by atoms with Crippen LogP contribution in [0.2, 0.25) is 0 Å². The Morgan fingerprint density at radius 2 is 1.76 bits per heavy atom. The number of aryl methyl sites for hydroxylation is 1. The molecule has 0 aliphatic rings. The lowest BCUT2D eigenvalue weighted by molar-refractivity contribution is 0.206. The van der Waals surface area contributed by atoms with E-state index < -0.39 is 0 Å². The zero-order valence-corrected chi connectivity index (χ0v) is 13.2. The maximum absolute atomic E-state index is 6.19. The van der Waals surface area contributed by atoms with Crippen LogP contribution in [0.1, 0.15) is 36.7 Å². The van der Waals surface area contributed by atoms with Crippen LogP contribution < -0.4 is 5.73 Å². The van der Waals surface area contributed by atoms with Gasteiger partial charge in [0.25, 0.3) is 0 Å². The molecule has 0 fully saturated rings. The van der Waals surface area contributed by atoms with Gasteiger partial charge in [0.05, 0.1) is 11.7 Å². The van der Waals surface area contributed by atoms with E-state index in [4.69, 9.17) is 5.73 Å². The molecule has 112 valence electrons. The summed E-state index contributed by atoms with van der Waals surface area (Å²) in [4.78, 5) is 6.74. The van der Waals surface area contributed by atoms with Gasteiger partial charge >= 0.3 is 0 Å². The van der Waals surface area contributed by atoms with Gasteiger partial charge in [-0.25, -0.2) is 0 Å². The minimum Gasteiger partial charge on any atom is -0.326 e. The number of hydrogen-bond donors (Lipinski definition) is 1. The van der Waals surface area contributed by atoms with Gasteiger partial charge in [-0.15, -0.1) is 0 Å². The van der Waals surface area contributed by atoms with E-state index in [0.29, 0.717) is 0 Å². The molecule has 2 aromatic rings. The maximum atomic E-state index is 6.19. The molecule has 0 saturated heterocycles. The molecule has 0 aliphatic heterocycles. The minimum absolute atomic E-state index is 0.0276. The van der Waals surface area contributed by atoms with E-state index >= 15 is 0 Å². The Labute approximate surface area is 127 Å². The normalized spacial score (nSPS) is 14.1.